The van der Waals surface area contributed by atoms with Gasteiger partial charge in [-0.15, -0.1) is 0 Å². The SMILES string of the molecule is Cc1cc(C(O)Cc2cccc(Cl)c2Cl)cc(C)c1Br. The Morgan fingerprint density at radius 2 is 1.75 bits per heavy atom. The molecular formula is C16H15BrCl2O. The molecule has 0 fully saturated rings. The molecule has 0 saturated heterocycles. The first-order chi connectivity index (χ1) is 9.40. The van der Waals surface area contributed by atoms with Crippen LogP contribution in [0.1, 0.15) is 28.4 Å². The Bertz CT molecular complexity index is 617. The smallest absolute Gasteiger partial charge is 0.0831 e. The van der Waals surface area contributed by atoms with Crippen LogP contribution in [0.3, 0.4) is 0 Å². The summed E-state index contributed by atoms with van der Waals surface area (Å²) in [5.74, 6) is 0. The maximum absolute atomic E-state index is 10.4. The molecule has 0 aliphatic carbocycles. The minimum atomic E-state index is -0.600. The molecule has 2 rings (SSSR count). The van der Waals surface area contributed by atoms with Crippen molar-refractivity contribution in [1.29, 1.82) is 0 Å². The van der Waals surface area contributed by atoms with E-state index in [1.54, 1.807) is 6.07 Å². The van der Waals surface area contributed by atoms with Crippen LogP contribution < -0.4 is 0 Å². The van der Waals surface area contributed by atoms with E-state index in [0.29, 0.717) is 16.5 Å². The lowest BCUT2D eigenvalue weighted by atomic mass is 9.98. The van der Waals surface area contributed by atoms with Gasteiger partial charge >= 0.3 is 0 Å². The fourth-order valence-corrected chi connectivity index (χ4v) is 2.83. The van der Waals surface area contributed by atoms with Crippen LogP contribution in [0.2, 0.25) is 10.0 Å². The molecule has 0 aliphatic heterocycles. The van der Waals surface area contributed by atoms with Gasteiger partial charge in [0.1, 0.15) is 0 Å². The van der Waals surface area contributed by atoms with Gasteiger partial charge in [0.05, 0.1) is 16.1 Å². The van der Waals surface area contributed by atoms with Gasteiger partial charge in [0.15, 0.2) is 0 Å². The lowest BCUT2D eigenvalue weighted by molar-refractivity contribution is 0.178. The first kappa shape index (κ1) is 15.8. The number of hydrogen-bond donors (Lipinski definition) is 1. The van der Waals surface area contributed by atoms with Crippen LogP contribution in [0.15, 0.2) is 34.8 Å². The summed E-state index contributed by atoms with van der Waals surface area (Å²) >= 11 is 15.7. The molecule has 1 N–H and O–H groups in total. The molecule has 106 valence electrons. The van der Waals surface area contributed by atoms with E-state index >= 15 is 0 Å². The molecule has 0 spiro atoms. The zero-order chi connectivity index (χ0) is 14.9. The Hall–Kier alpha value is -0.540. The molecule has 0 saturated carbocycles. The van der Waals surface area contributed by atoms with E-state index in [0.717, 1.165) is 26.7 Å². The number of rotatable bonds is 3. The Balaban J connectivity index is 2.28. The normalized spacial score (nSPS) is 12.5. The second kappa shape index (κ2) is 6.48. The van der Waals surface area contributed by atoms with Crippen molar-refractivity contribution in [3.63, 3.8) is 0 Å². The van der Waals surface area contributed by atoms with Crippen molar-refractivity contribution < 1.29 is 5.11 Å². The molecular weight excluding hydrogens is 359 g/mol. The highest BCUT2D eigenvalue weighted by Crippen LogP contribution is 2.31. The first-order valence-corrected chi connectivity index (χ1v) is 7.82. The Morgan fingerprint density at radius 1 is 1.15 bits per heavy atom. The number of aryl methyl sites for hydroxylation is 2. The lowest BCUT2D eigenvalue weighted by Gasteiger charge is -2.15. The monoisotopic (exact) mass is 372 g/mol. The van der Waals surface area contributed by atoms with Gasteiger partial charge in [0.2, 0.25) is 0 Å². The number of aliphatic hydroxyl groups excluding tert-OH is 1. The van der Waals surface area contributed by atoms with Crippen molar-refractivity contribution in [1.82, 2.24) is 0 Å². The molecule has 0 aromatic heterocycles. The van der Waals surface area contributed by atoms with Crippen LogP contribution in [0.25, 0.3) is 0 Å². The molecule has 2 aromatic rings. The van der Waals surface area contributed by atoms with Crippen molar-refractivity contribution in [3.05, 3.63) is 67.1 Å². The fraction of sp³-hybridized carbons (Fsp3) is 0.250. The molecule has 0 bridgehead atoms. The Kier molecular flexibility index (Phi) is 5.14. The summed E-state index contributed by atoms with van der Waals surface area (Å²) in [6.07, 6.45) is -0.156. The predicted molar refractivity (Wildman–Crippen MR) is 88.7 cm³/mol. The van der Waals surface area contributed by atoms with Crippen molar-refractivity contribution in [2.45, 2.75) is 26.4 Å². The van der Waals surface area contributed by atoms with Crippen molar-refractivity contribution in [2.75, 3.05) is 0 Å². The van der Waals surface area contributed by atoms with Crippen LogP contribution >= 0.6 is 39.1 Å². The molecule has 1 atom stereocenters. The van der Waals surface area contributed by atoms with Gasteiger partial charge in [0.25, 0.3) is 0 Å². The first-order valence-electron chi connectivity index (χ1n) is 6.27. The second-order valence-electron chi connectivity index (χ2n) is 4.90. The van der Waals surface area contributed by atoms with Crippen LogP contribution in [0.4, 0.5) is 0 Å². The minimum absolute atomic E-state index is 0.444. The van der Waals surface area contributed by atoms with Gasteiger partial charge in [-0.3, -0.25) is 0 Å². The van der Waals surface area contributed by atoms with Gasteiger partial charge in [-0.1, -0.05) is 63.4 Å². The summed E-state index contributed by atoms with van der Waals surface area (Å²) in [6, 6.07) is 9.44. The zero-order valence-electron chi connectivity index (χ0n) is 11.3. The molecule has 20 heavy (non-hydrogen) atoms. The van der Waals surface area contributed by atoms with Crippen LogP contribution in [-0.4, -0.2) is 5.11 Å². The van der Waals surface area contributed by atoms with Crippen LogP contribution in [-0.2, 0) is 6.42 Å². The van der Waals surface area contributed by atoms with E-state index in [4.69, 9.17) is 23.2 Å². The van der Waals surface area contributed by atoms with Crippen LogP contribution in [0.5, 0.6) is 0 Å². The summed E-state index contributed by atoms with van der Waals surface area (Å²) in [4.78, 5) is 0. The summed E-state index contributed by atoms with van der Waals surface area (Å²) in [6.45, 7) is 4.03. The zero-order valence-corrected chi connectivity index (χ0v) is 14.4. The Labute approximate surface area is 137 Å². The molecule has 2 aromatic carbocycles. The lowest BCUT2D eigenvalue weighted by Crippen LogP contribution is -2.04. The predicted octanol–water partition coefficient (Wildman–Crippen LogP) is 5.65. The van der Waals surface area contributed by atoms with Crippen LogP contribution in [0, 0.1) is 13.8 Å². The van der Waals surface area contributed by atoms with E-state index in [-0.39, 0.29) is 0 Å². The molecule has 0 amide bonds. The topological polar surface area (TPSA) is 20.2 Å². The van der Waals surface area contributed by atoms with E-state index in [1.165, 1.54) is 0 Å². The highest BCUT2D eigenvalue weighted by atomic mass is 79.9. The molecule has 4 heteroatoms. The molecule has 0 radical (unpaired) electrons. The maximum atomic E-state index is 10.4. The van der Waals surface area contributed by atoms with E-state index in [1.807, 2.05) is 38.1 Å². The largest absolute Gasteiger partial charge is 0.388 e. The number of aliphatic hydroxyl groups is 1. The average molecular weight is 374 g/mol. The van der Waals surface area contributed by atoms with Gasteiger partial charge < -0.3 is 5.11 Å². The third-order valence-corrected chi connectivity index (χ3v) is 5.40. The van der Waals surface area contributed by atoms with E-state index in [9.17, 15) is 5.11 Å². The summed E-state index contributed by atoms with van der Waals surface area (Å²) in [5, 5.41) is 11.4. The fourth-order valence-electron chi connectivity index (χ4n) is 2.20. The minimum Gasteiger partial charge on any atom is -0.388 e. The number of hydrogen-bond acceptors (Lipinski definition) is 1. The maximum Gasteiger partial charge on any atom is 0.0831 e. The van der Waals surface area contributed by atoms with Gasteiger partial charge in [0, 0.05) is 10.9 Å². The molecule has 1 unspecified atom stereocenters. The Morgan fingerprint density at radius 3 is 2.35 bits per heavy atom. The highest BCUT2D eigenvalue weighted by molar-refractivity contribution is 9.10. The van der Waals surface area contributed by atoms with Crippen molar-refractivity contribution in [2.24, 2.45) is 0 Å². The van der Waals surface area contributed by atoms with Gasteiger partial charge in [-0.2, -0.15) is 0 Å². The molecule has 0 heterocycles. The van der Waals surface area contributed by atoms with Gasteiger partial charge in [-0.25, -0.2) is 0 Å². The summed E-state index contributed by atoms with van der Waals surface area (Å²) in [5.41, 5.74) is 3.96. The highest BCUT2D eigenvalue weighted by Gasteiger charge is 2.14. The second-order valence-corrected chi connectivity index (χ2v) is 6.48. The standard InChI is InChI=1S/C16H15BrCl2O/c1-9-6-12(7-10(2)15(9)17)14(20)8-11-4-3-5-13(18)16(11)19/h3-7,14,20H,8H2,1-2H3. The summed E-state index contributed by atoms with van der Waals surface area (Å²) < 4.78 is 1.08. The number of halogens is 3. The summed E-state index contributed by atoms with van der Waals surface area (Å²) in [7, 11) is 0. The number of benzene rings is 2. The molecule has 1 nitrogen and oxygen atoms in total. The van der Waals surface area contributed by atoms with Gasteiger partial charge in [-0.05, 0) is 42.2 Å². The van der Waals surface area contributed by atoms with Crippen molar-refractivity contribution in [3.8, 4) is 0 Å². The quantitative estimate of drug-likeness (QED) is 0.736. The van der Waals surface area contributed by atoms with Crippen molar-refractivity contribution >= 4 is 39.1 Å². The third kappa shape index (κ3) is 3.37. The average Bonchev–Trinajstić information content (AvgIpc) is 2.40. The molecule has 0 aliphatic rings. The van der Waals surface area contributed by atoms with E-state index in [2.05, 4.69) is 15.9 Å². The third-order valence-electron chi connectivity index (χ3n) is 3.29. The van der Waals surface area contributed by atoms with E-state index < -0.39 is 6.10 Å².